The van der Waals surface area contributed by atoms with E-state index in [-0.39, 0.29) is 24.6 Å². The van der Waals surface area contributed by atoms with Crippen molar-refractivity contribution in [3.8, 4) is 0 Å². The average Bonchev–Trinajstić information content (AvgIpc) is 2.86. The van der Waals surface area contributed by atoms with Gasteiger partial charge in [-0.1, -0.05) is 29.4 Å². The van der Waals surface area contributed by atoms with Gasteiger partial charge < -0.3 is 9.84 Å². The lowest BCUT2D eigenvalue weighted by Crippen LogP contribution is -2.29. The smallest absolute Gasteiger partial charge is 0.226 e. The summed E-state index contributed by atoms with van der Waals surface area (Å²) in [6, 6.07) is 8.87. The normalized spacial score (nSPS) is 11.4. The zero-order chi connectivity index (χ0) is 16.9. The highest BCUT2D eigenvalue weighted by Crippen LogP contribution is 2.10. The minimum Gasteiger partial charge on any atom is -0.360 e. The van der Waals surface area contributed by atoms with Crippen LogP contribution in [0.15, 0.2) is 34.9 Å². The van der Waals surface area contributed by atoms with E-state index < -0.39 is 10.0 Å². The summed E-state index contributed by atoms with van der Waals surface area (Å²) in [5, 5.41) is 6.16. The number of carbonyl (C=O) groups excluding carboxylic acids is 1. The van der Waals surface area contributed by atoms with Gasteiger partial charge in [-0.25, -0.2) is 13.1 Å². The Morgan fingerprint density at radius 3 is 2.65 bits per heavy atom. The number of nitrogens with one attached hydrogen (secondary N) is 2. The number of aromatic nitrogens is 1. The Bertz CT molecular complexity index is 784. The fraction of sp³-hybridized carbons (Fsp3) is 0.333. The quantitative estimate of drug-likeness (QED) is 0.801. The van der Waals surface area contributed by atoms with Crippen molar-refractivity contribution in [2.24, 2.45) is 0 Å². The molecule has 2 N–H and O–H groups in total. The second kappa shape index (κ2) is 7.38. The summed E-state index contributed by atoms with van der Waals surface area (Å²) >= 11 is 0. The summed E-state index contributed by atoms with van der Waals surface area (Å²) in [7, 11) is -3.49. The van der Waals surface area contributed by atoms with Crippen molar-refractivity contribution in [2.45, 2.75) is 26.0 Å². The van der Waals surface area contributed by atoms with Crippen molar-refractivity contribution in [3.05, 3.63) is 47.2 Å². The highest BCUT2D eigenvalue weighted by molar-refractivity contribution is 7.88. The van der Waals surface area contributed by atoms with Crippen LogP contribution in [-0.2, 0) is 20.6 Å². The third-order valence-electron chi connectivity index (χ3n) is 3.18. The summed E-state index contributed by atoms with van der Waals surface area (Å²) in [4.78, 5) is 11.7. The van der Waals surface area contributed by atoms with Crippen LogP contribution >= 0.6 is 0 Å². The zero-order valence-electron chi connectivity index (χ0n) is 13.0. The number of rotatable bonds is 7. The molecule has 0 atom stereocenters. The summed E-state index contributed by atoms with van der Waals surface area (Å²) < 4.78 is 31.3. The number of aryl methyl sites for hydroxylation is 2. The lowest BCUT2D eigenvalue weighted by atomic mass is 10.1. The molecule has 1 heterocycles. The highest BCUT2D eigenvalue weighted by atomic mass is 32.2. The monoisotopic (exact) mass is 337 g/mol. The van der Waals surface area contributed by atoms with Gasteiger partial charge in [0.15, 0.2) is 5.82 Å². The fourth-order valence-corrected chi connectivity index (χ4v) is 3.23. The van der Waals surface area contributed by atoms with Crippen LogP contribution in [0, 0.1) is 13.8 Å². The predicted molar refractivity (Wildman–Crippen MR) is 86.3 cm³/mol. The van der Waals surface area contributed by atoms with Gasteiger partial charge in [0.05, 0.1) is 5.75 Å². The molecule has 0 aliphatic rings. The van der Waals surface area contributed by atoms with Crippen LogP contribution in [0.4, 0.5) is 5.82 Å². The number of hydrogen-bond donors (Lipinski definition) is 2. The van der Waals surface area contributed by atoms with Crippen LogP contribution in [0.2, 0.25) is 0 Å². The number of hydrogen-bond acceptors (Lipinski definition) is 5. The van der Waals surface area contributed by atoms with Crippen molar-refractivity contribution in [2.75, 3.05) is 11.9 Å². The van der Waals surface area contributed by atoms with E-state index in [1.165, 1.54) is 0 Å². The molecule has 8 heteroatoms. The molecule has 0 radical (unpaired) electrons. The molecule has 0 fully saturated rings. The first-order valence-electron chi connectivity index (χ1n) is 7.11. The Balaban J connectivity index is 1.80. The van der Waals surface area contributed by atoms with Crippen LogP contribution < -0.4 is 10.0 Å². The molecule has 1 aromatic carbocycles. The number of benzene rings is 1. The van der Waals surface area contributed by atoms with E-state index in [0.717, 1.165) is 11.1 Å². The predicted octanol–water partition coefficient (Wildman–Crippen LogP) is 1.74. The number of carbonyl (C=O) groups is 1. The van der Waals surface area contributed by atoms with E-state index in [9.17, 15) is 13.2 Å². The molecule has 124 valence electrons. The number of amides is 1. The van der Waals surface area contributed by atoms with Gasteiger partial charge in [-0.15, -0.1) is 0 Å². The molecule has 0 saturated heterocycles. The molecule has 0 aliphatic carbocycles. The standard InChI is InChI=1S/C15H19N3O4S/c1-11-5-3-4-6-13(11)10-23(20,21)16-8-7-15(19)17-14-9-12(2)22-18-14/h3-6,9,16H,7-8,10H2,1-2H3,(H,17,18,19). The molecule has 7 nitrogen and oxygen atoms in total. The second-order valence-corrected chi connectivity index (χ2v) is 7.01. The largest absolute Gasteiger partial charge is 0.360 e. The van der Waals surface area contributed by atoms with E-state index in [1.54, 1.807) is 25.1 Å². The van der Waals surface area contributed by atoms with Crippen LogP contribution in [0.3, 0.4) is 0 Å². The van der Waals surface area contributed by atoms with Crippen LogP contribution in [0.1, 0.15) is 23.3 Å². The number of nitrogens with zero attached hydrogens (tertiary/aromatic N) is 1. The molecule has 0 bridgehead atoms. The Morgan fingerprint density at radius 1 is 1.26 bits per heavy atom. The highest BCUT2D eigenvalue weighted by Gasteiger charge is 2.13. The van der Waals surface area contributed by atoms with Gasteiger partial charge in [0.1, 0.15) is 5.76 Å². The summed E-state index contributed by atoms with van der Waals surface area (Å²) in [6.07, 6.45) is 0.0128. The minimum atomic E-state index is -3.49. The van der Waals surface area contributed by atoms with Gasteiger partial charge in [0.2, 0.25) is 15.9 Å². The molecular formula is C15H19N3O4S. The molecule has 1 aromatic heterocycles. The number of sulfonamides is 1. The molecule has 0 spiro atoms. The first-order valence-corrected chi connectivity index (χ1v) is 8.76. The third-order valence-corrected chi connectivity index (χ3v) is 4.51. The van der Waals surface area contributed by atoms with Gasteiger partial charge >= 0.3 is 0 Å². The summed E-state index contributed by atoms with van der Waals surface area (Å²) in [5.74, 6) is 0.454. The van der Waals surface area contributed by atoms with Crippen LogP contribution in [0.25, 0.3) is 0 Å². The van der Waals surface area contributed by atoms with Gasteiger partial charge in [-0.2, -0.15) is 0 Å². The van der Waals surface area contributed by atoms with E-state index in [1.807, 2.05) is 19.1 Å². The van der Waals surface area contributed by atoms with Gasteiger partial charge in [-0.3, -0.25) is 4.79 Å². The van der Waals surface area contributed by atoms with E-state index in [4.69, 9.17) is 4.52 Å². The lowest BCUT2D eigenvalue weighted by molar-refractivity contribution is -0.116. The van der Waals surface area contributed by atoms with Crippen molar-refractivity contribution in [3.63, 3.8) is 0 Å². The van der Waals surface area contributed by atoms with E-state index in [2.05, 4.69) is 15.2 Å². The maximum Gasteiger partial charge on any atom is 0.226 e. The van der Waals surface area contributed by atoms with E-state index >= 15 is 0 Å². The van der Waals surface area contributed by atoms with Crippen molar-refractivity contribution >= 4 is 21.7 Å². The first-order chi connectivity index (χ1) is 10.9. The first kappa shape index (κ1) is 17.2. The average molecular weight is 337 g/mol. The van der Waals surface area contributed by atoms with Gasteiger partial charge in [0, 0.05) is 19.0 Å². The Morgan fingerprint density at radius 2 is 2.00 bits per heavy atom. The Labute approximate surface area is 135 Å². The Hall–Kier alpha value is -2.19. The van der Waals surface area contributed by atoms with Gasteiger partial charge in [0.25, 0.3) is 0 Å². The molecule has 0 unspecified atom stereocenters. The summed E-state index contributed by atoms with van der Waals surface area (Å²) in [6.45, 7) is 3.59. The van der Waals surface area contributed by atoms with E-state index in [0.29, 0.717) is 11.6 Å². The molecule has 0 aliphatic heterocycles. The van der Waals surface area contributed by atoms with Crippen LogP contribution in [0.5, 0.6) is 0 Å². The van der Waals surface area contributed by atoms with Crippen molar-refractivity contribution < 1.29 is 17.7 Å². The molecule has 2 rings (SSSR count). The Kier molecular flexibility index (Phi) is 5.51. The second-order valence-electron chi connectivity index (χ2n) is 5.20. The number of anilines is 1. The SMILES string of the molecule is Cc1cc(NC(=O)CCNS(=O)(=O)Cc2ccccc2C)no1. The maximum absolute atomic E-state index is 12.0. The molecule has 23 heavy (non-hydrogen) atoms. The summed E-state index contributed by atoms with van der Waals surface area (Å²) in [5.41, 5.74) is 1.65. The minimum absolute atomic E-state index is 0.0128. The molecule has 1 amide bonds. The topological polar surface area (TPSA) is 101 Å². The third kappa shape index (κ3) is 5.50. The lowest BCUT2D eigenvalue weighted by Gasteiger charge is -2.08. The molecule has 2 aromatic rings. The van der Waals surface area contributed by atoms with Crippen molar-refractivity contribution in [1.29, 1.82) is 0 Å². The maximum atomic E-state index is 12.0. The van der Waals surface area contributed by atoms with Crippen molar-refractivity contribution in [1.82, 2.24) is 9.88 Å². The molecular weight excluding hydrogens is 318 g/mol. The zero-order valence-corrected chi connectivity index (χ0v) is 13.8. The van der Waals surface area contributed by atoms with Crippen LogP contribution in [-0.4, -0.2) is 26.0 Å². The van der Waals surface area contributed by atoms with Gasteiger partial charge in [-0.05, 0) is 25.0 Å². The fourth-order valence-electron chi connectivity index (χ4n) is 1.98. The molecule has 0 saturated carbocycles.